The summed E-state index contributed by atoms with van der Waals surface area (Å²) in [6.45, 7) is 1.27. The number of fused-ring (bicyclic) bond motifs is 6. The minimum absolute atomic E-state index is 0.100. The lowest BCUT2D eigenvalue weighted by atomic mass is 10.1. The number of pyridine rings is 1. The number of hydrogen-bond acceptors (Lipinski definition) is 7. The minimum atomic E-state index is -0.499. The SMILES string of the molecule is Cn1cc2c(n1)C(=O)NCCOCCCc1cc(ccn1)-c1nc(co1)C(=O)N2. The van der Waals surface area contributed by atoms with Crippen LogP contribution in [0.2, 0.25) is 0 Å². The quantitative estimate of drug-likeness (QED) is 0.589. The predicted molar refractivity (Wildman–Crippen MR) is 102 cm³/mol. The lowest BCUT2D eigenvalue weighted by molar-refractivity contribution is 0.0908. The molecule has 0 aromatic carbocycles. The molecule has 1 aliphatic heterocycles. The zero-order valence-corrected chi connectivity index (χ0v) is 15.8. The Morgan fingerprint density at radius 1 is 1.21 bits per heavy atom. The van der Waals surface area contributed by atoms with Gasteiger partial charge in [0, 0.05) is 43.9 Å². The van der Waals surface area contributed by atoms with Crippen molar-refractivity contribution in [1.29, 1.82) is 0 Å². The van der Waals surface area contributed by atoms with E-state index in [-0.39, 0.29) is 17.1 Å². The number of nitrogens with one attached hydrogen (secondary N) is 2. The molecule has 2 amide bonds. The van der Waals surface area contributed by atoms with Crippen LogP contribution in [-0.2, 0) is 18.2 Å². The molecule has 4 heterocycles. The molecular formula is C19H20N6O4. The second-order valence-electron chi connectivity index (χ2n) is 6.56. The van der Waals surface area contributed by atoms with Gasteiger partial charge in [-0.05, 0) is 25.0 Å². The van der Waals surface area contributed by atoms with Crippen LogP contribution in [0, 0.1) is 0 Å². The highest BCUT2D eigenvalue weighted by Crippen LogP contribution is 2.21. The molecule has 0 atom stereocenters. The maximum atomic E-state index is 12.6. The molecule has 3 aromatic heterocycles. The molecule has 2 N–H and O–H groups in total. The summed E-state index contributed by atoms with van der Waals surface area (Å²) < 4.78 is 12.5. The van der Waals surface area contributed by atoms with Gasteiger partial charge in [-0.25, -0.2) is 4.98 Å². The van der Waals surface area contributed by atoms with Gasteiger partial charge in [0.05, 0.1) is 12.3 Å². The van der Waals surface area contributed by atoms with E-state index < -0.39 is 11.8 Å². The van der Waals surface area contributed by atoms with Crippen molar-refractivity contribution in [1.82, 2.24) is 25.1 Å². The van der Waals surface area contributed by atoms with Gasteiger partial charge < -0.3 is 19.8 Å². The molecule has 4 rings (SSSR count). The maximum absolute atomic E-state index is 12.6. The molecule has 10 heteroatoms. The molecule has 3 aromatic rings. The number of oxazole rings is 1. The van der Waals surface area contributed by atoms with Gasteiger partial charge in [-0.3, -0.25) is 19.3 Å². The number of nitrogens with zero attached hydrogens (tertiary/aromatic N) is 4. The molecule has 0 spiro atoms. The fourth-order valence-electron chi connectivity index (χ4n) is 2.97. The first-order valence-corrected chi connectivity index (χ1v) is 9.22. The third kappa shape index (κ3) is 4.32. The summed E-state index contributed by atoms with van der Waals surface area (Å²) in [5, 5.41) is 9.54. The number of rotatable bonds is 0. The first-order valence-electron chi connectivity index (χ1n) is 9.22. The van der Waals surface area contributed by atoms with Crippen LogP contribution >= 0.6 is 0 Å². The summed E-state index contributed by atoms with van der Waals surface area (Å²) in [6.07, 6.45) is 6.03. The van der Waals surface area contributed by atoms with Crippen LogP contribution in [0.5, 0.6) is 0 Å². The Hall–Kier alpha value is -3.53. The second-order valence-corrected chi connectivity index (χ2v) is 6.56. The number of amides is 2. The van der Waals surface area contributed by atoms with Gasteiger partial charge in [-0.1, -0.05) is 0 Å². The Morgan fingerprint density at radius 3 is 3.00 bits per heavy atom. The maximum Gasteiger partial charge on any atom is 0.277 e. The number of ether oxygens (including phenoxy) is 1. The largest absolute Gasteiger partial charge is 0.444 e. The molecule has 4 bridgehead atoms. The van der Waals surface area contributed by atoms with Gasteiger partial charge in [-0.15, -0.1) is 0 Å². The third-order valence-electron chi connectivity index (χ3n) is 4.35. The number of anilines is 1. The Kier molecular flexibility index (Phi) is 5.34. The van der Waals surface area contributed by atoms with E-state index in [1.807, 2.05) is 6.07 Å². The summed E-state index contributed by atoms with van der Waals surface area (Å²) in [7, 11) is 1.67. The zero-order valence-electron chi connectivity index (χ0n) is 15.8. The van der Waals surface area contributed by atoms with Crippen LogP contribution in [0.4, 0.5) is 5.69 Å². The predicted octanol–water partition coefficient (Wildman–Crippen LogP) is 1.41. The fourth-order valence-corrected chi connectivity index (χ4v) is 2.97. The van der Waals surface area contributed by atoms with Crippen LogP contribution in [0.15, 0.2) is 35.2 Å². The van der Waals surface area contributed by atoms with E-state index in [0.29, 0.717) is 25.6 Å². The molecule has 0 unspecified atom stereocenters. The normalized spacial score (nSPS) is 15.6. The van der Waals surface area contributed by atoms with Crippen LogP contribution in [0.25, 0.3) is 11.5 Å². The number of carbonyl (C=O) groups excluding carboxylic acids is 2. The van der Waals surface area contributed by atoms with E-state index in [4.69, 9.17) is 9.15 Å². The van der Waals surface area contributed by atoms with Crippen LogP contribution in [0.1, 0.15) is 33.1 Å². The lowest BCUT2D eigenvalue weighted by Crippen LogP contribution is -2.29. The van der Waals surface area contributed by atoms with Gasteiger partial charge in [0.25, 0.3) is 11.8 Å². The molecule has 29 heavy (non-hydrogen) atoms. The summed E-state index contributed by atoms with van der Waals surface area (Å²) in [6, 6.07) is 3.66. The number of aryl methyl sites for hydroxylation is 2. The van der Waals surface area contributed by atoms with Crippen molar-refractivity contribution >= 4 is 17.5 Å². The zero-order chi connectivity index (χ0) is 20.2. The Balaban J connectivity index is 1.64. The highest BCUT2D eigenvalue weighted by molar-refractivity contribution is 6.07. The number of aromatic nitrogens is 4. The Bertz CT molecular complexity index is 1040. The molecule has 0 aliphatic carbocycles. The molecule has 0 saturated heterocycles. The Morgan fingerprint density at radius 2 is 2.10 bits per heavy atom. The van der Waals surface area contributed by atoms with Crippen molar-refractivity contribution in [2.24, 2.45) is 7.05 Å². The van der Waals surface area contributed by atoms with Gasteiger partial charge in [-0.2, -0.15) is 5.10 Å². The average molecular weight is 396 g/mol. The van der Waals surface area contributed by atoms with E-state index >= 15 is 0 Å². The van der Waals surface area contributed by atoms with E-state index in [9.17, 15) is 9.59 Å². The highest BCUT2D eigenvalue weighted by Gasteiger charge is 2.20. The van der Waals surface area contributed by atoms with Crippen molar-refractivity contribution < 1.29 is 18.7 Å². The topological polar surface area (TPSA) is 124 Å². The van der Waals surface area contributed by atoms with Crippen LogP contribution < -0.4 is 10.6 Å². The second kappa shape index (κ2) is 8.23. The van der Waals surface area contributed by atoms with Gasteiger partial charge >= 0.3 is 0 Å². The van der Waals surface area contributed by atoms with Crippen molar-refractivity contribution in [3.8, 4) is 11.5 Å². The molecule has 0 saturated carbocycles. The molecule has 150 valence electrons. The monoisotopic (exact) mass is 396 g/mol. The summed E-state index contributed by atoms with van der Waals surface area (Å²) >= 11 is 0. The van der Waals surface area contributed by atoms with Crippen LogP contribution in [-0.4, -0.2) is 51.3 Å². The molecule has 10 nitrogen and oxygen atoms in total. The third-order valence-corrected chi connectivity index (χ3v) is 4.35. The van der Waals surface area contributed by atoms with E-state index in [0.717, 1.165) is 24.1 Å². The molecule has 0 fully saturated rings. The van der Waals surface area contributed by atoms with E-state index in [1.165, 1.54) is 10.9 Å². The standard InChI is InChI=1S/C19H20N6O4/c1-25-10-14-16(24-25)18(27)21-6-8-28-7-2-3-13-9-12(4-5-20-13)19-23-15(11-29-19)17(26)22-14/h4-5,9-11H,2-3,6-8H2,1H3,(H,21,27)(H,22,26). The summed E-state index contributed by atoms with van der Waals surface area (Å²) in [5.74, 6) is -0.577. The molecular weight excluding hydrogens is 376 g/mol. The van der Waals surface area contributed by atoms with E-state index in [1.54, 1.807) is 25.5 Å². The summed E-state index contributed by atoms with van der Waals surface area (Å²) in [4.78, 5) is 33.6. The van der Waals surface area contributed by atoms with Gasteiger partial charge in [0.15, 0.2) is 11.4 Å². The van der Waals surface area contributed by atoms with Gasteiger partial charge in [0.2, 0.25) is 5.89 Å². The van der Waals surface area contributed by atoms with Crippen molar-refractivity contribution in [2.75, 3.05) is 25.1 Å². The van der Waals surface area contributed by atoms with Crippen LogP contribution in [0.3, 0.4) is 0 Å². The fraction of sp³-hybridized carbons (Fsp3) is 0.316. The van der Waals surface area contributed by atoms with Crippen molar-refractivity contribution in [3.05, 3.63) is 47.9 Å². The minimum Gasteiger partial charge on any atom is -0.444 e. The first-order chi connectivity index (χ1) is 14.1. The Labute approximate surface area is 166 Å². The number of carbonyl (C=O) groups is 2. The molecule has 0 radical (unpaired) electrons. The average Bonchev–Trinajstić information content (AvgIpc) is 3.34. The highest BCUT2D eigenvalue weighted by atomic mass is 16.5. The number of hydrogen-bond donors (Lipinski definition) is 2. The lowest BCUT2D eigenvalue weighted by Gasteiger charge is -2.07. The smallest absolute Gasteiger partial charge is 0.277 e. The van der Waals surface area contributed by atoms with E-state index in [2.05, 4.69) is 25.7 Å². The van der Waals surface area contributed by atoms with Crippen molar-refractivity contribution in [2.45, 2.75) is 12.8 Å². The first kappa shape index (κ1) is 18.8. The van der Waals surface area contributed by atoms with Gasteiger partial charge in [0.1, 0.15) is 6.26 Å². The van der Waals surface area contributed by atoms with Crippen molar-refractivity contribution in [3.63, 3.8) is 0 Å². The summed E-state index contributed by atoms with van der Waals surface area (Å²) in [5.41, 5.74) is 2.11. The molecule has 1 aliphatic rings.